The highest BCUT2D eigenvalue weighted by Gasteiger charge is 2.26. The molecular weight excluding hydrogens is 250 g/mol. The zero-order chi connectivity index (χ0) is 13.3. The first-order valence-corrected chi connectivity index (χ1v) is 4.69. The van der Waals surface area contributed by atoms with Gasteiger partial charge >= 0.3 is 5.69 Å². The second-order valence-electron chi connectivity index (χ2n) is 3.22. The Labute approximate surface area is 98.4 Å². The van der Waals surface area contributed by atoms with Crippen molar-refractivity contribution in [3.63, 3.8) is 0 Å². The van der Waals surface area contributed by atoms with Gasteiger partial charge in [-0.2, -0.15) is 4.39 Å². The Kier molecular flexibility index (Phi) is 2.98. The number of nitrogens with zero attached hydrogens (tertiary/aromatic N) is 3. The highest BCUT2D eigenvalue weighted by atomic mass is 19.1. The molecule has 2 aromatic rings. The van der Waals surface area contributed by atoms with Gasteiger partial charge in [-0.05, 0) is 6.07 Å². The number of rotatable bonds is 3. The van der Waals surface area contributed by atoms with Crippen molar-refractivity contribution >= 4 is 5.69 Å². The van der Waals surface area contributed by atoms with Gasteiger partial charge in [0.25, 0.3) is 5.89 Å². The molecule has 1 aromatic heterocycles. The third-order valence-electron chi connectivity index (χ3n) is 2.12. The molecule has 0 bridgehead atoms. The van der Waals surface area contributed by atoms with Crippen molar-refractivity contribution in [2.45, 2.75) is 6.54 Å². The molecule has 0 saturated carbocycles. The maximum Gasteiger partial charge on any atom is 0.305 e. The van der Waals surface area contributed by atoms with Gasteiger partial charge in [0.1, 0.15) is 11.4 Å². The molecule has 0 unspecified atom stereocenters. The van der Waals surface area contributed by atoms with Crippen molar-refractivity contribution in [1.29, 1.82) is 0 Å². The minimum absolute atomic E-state index is 0.0321. The molecule has 0 fully saturated rings. The van der Waals surface area contributed by atoms with E-state index in [1.807, 2.05) is 0 Å². The molecule has 1 aromatic carbocycles. The van der Waals surface area contributed by atoms with E-state index >= 15 is 0 Å². The summed E-state index contributed by atoms with van der Waals surface area (Å²) >= 11 is 0. The lowest BCUT2D eigenvalue weighted by atomic mass is 10.1. The fourth-order valence-electron chi connectivity index (χ4n) is 1.32. The van der Waals surface area contributed by atoms with E-state index in [1.54, 1.807) is 0 Å². The fraction of sp³-hybridized carbons (Fsp3) is 0.111. The number of nitrogens with two attached hydrogens (primary N) is 1. The van der Waals surface area contributed by atoms with E-state index in [0.29, 0.717) is 6.07 Å². The van der Waals surface area contributed by atoms with Crippen molar-refractivity contribution in [3.05, 3.63) is 39.8 Å². The SMILES string of the molecule is NCc1nnc(-c2c(F)ccc([N+](=O)[O-])c2F)o1. The highest BCUT2D eigenvalue weighted by Crippen LogP contribution is 2.30. The van der Waals surface area contributed by atoms with Crippen LogP contribution >= 0.6 is 0 Å². The Morgan fingerprint density at radius 1 is 1.39 bits per heavy atom. The van der Waals surface area contributed by atoms with Gasteiger partial charge in [0, 0.05) is 6.07 Å². The van der Waals surface area contributed by atoms with Crippen LogP contribution in [0.25, 0.3) is 11.5 Å². The van der Waals surface area contributed by atoms with Gasteiger partial charge in [0.05, 0.1) is 11.5 Å². The smallest absolute Gasteiger partial charge is 0.305 e. The zero-order valence-electron chi connectivity index (χ0n) is 8.76. The molecule has 0 amide bonds. The van der Waals surface area contributed by atoms with Crippen LogP contribution in [-0.2, 0) is 6.54 Å². The Balaban J connectivity index is 2.62. The van der Waals surface area contributed by atoms with E-state index in [2.05, 4.69) is 10.2 Å². The van der Waals surface area contributed by atoms with E-state index in [0.717, 1.165) is 6.07 Å². The van der Waals surface area contributed by atoms with Crippen LogP contribution in [0.4, 0.5) is 14.5 Å². The van der Waals surface area contributed by atoms with Gasteiger partial charge in [0.2, 0.25) is 11.7 Å². The number of halogens is 2. The van der Waals surface area contributed by atoms with Crippen LogP contribution < -0.4 is 5.73 Å². The van der Waals surface area contributed by atoms with Gasteiger partial charge in [0.15, 0.2) is 0 Å². The summed E-state index contributed by atoms with van der Waals surface area (Å²) in [6.07, 6.45) is 0. The van der Waals surface area contributed by atoms with E-state index in [4.69, 9.17) is 10.2 Å². The summed E-state index contributed by atoms with van der Waals surface area (Å²) < 4.78 is 32.1. The number of nitro groups is 1. The van der Waals surface area contributed by atoms with Crippen molar-refractivity contribution < 1.29 is 18.1 Å². The summed E-state index contributed by atoms with van der Waals surface area (Å²) in [5.41, 5.74) is 3.59. The highest BCUT2D eigenvalue weighted by molar-refractivity contribution is 5.59. The zero-order valence-corrected chi connectivity index (χ0v) is 8.76. The van der Waals surface area contributed by atoms with E-state index in [9.17, 15) is 18.9 Å². The van der Waals surface area contributed by atoms with Crippen molar-refractivity contribution in [3.8, 4) is 11.5 Å². The molecule has 18 heavy (non-hydrogen) atoms. The predicted molar refractivity (Wildman–Crippen MR) is 54.2 cm³/mol. The van der Waals surface area contributed by atoms with Crippen LogP contribution in [0.15, 0.2) is 16.5 Å². The molecule has 0 aliphatic rings. The Morgan fingerprint density at radius 3 is 2.67 bits per heavy atom. The first-order valence-electron chi connectivity index (χ1n) is 4.69. The number of hydrogen-bond donors (Lipinski definition) is 1. The van der Waals surface area contributed by atoms with Gasteiger partial charge in [-0.1, -0.05) is 0 Å². The average Bonchev–Trinajstić information content (AvgIpc) is 2.77. The molecule has 2 N–H and O–H groups in total. The normalized spacial score (nSPS) is 10.6. The predicted octanol–water partition coefficient (Wildman–Crippen LogP) is 1.38. The lowest BCUT2D eigenvalue weighted by molar-refractivity contribution is -0.387. The van der Waals surface area contributed by atoms with E-state index < -0.39 is 33.7 Å². The number of hydrogen-bond acceptors (Lipinski definition) is 6. The minimum atomic E-state index is -1.37. The molecule has 94 valence electrons. The minimum Gasteiger partial charge on any atom is -0.419 e. The monoisotopic (exact) mass is 256 g/mol. The van der Waals surface area contributed by atoms with Crippen LogP contribution in [0.1, 0.15) is 5.89 Å². The molecule has 0 saturated heterocycles. The van der Waals surface area contributed by atoms with Crippen LogP contribution in [0.3, 0.4) is 0 Å². The van der Waals surface area contributed by atoms with Crippen molar-refractivity contribution in [2.75, 3.05) is 0 Å². The average molecular weight is 256 g/mol. The summed E-state index contributed by atoms with van der Waals surface area (Å²) in [7, 11) is 0. The topological polar surface area (TPSA) is 108 Å². The molecule has 1 heterocycles. The summed E-state index contributed by atoms with van der Waals surface area (Å²) in [6, 6.07) is 1.47. The van der Waals surface area contributed by atoms with Crippen LogP contribution in [-0.4, -0.2) is 15.1 Å². The largest absolute Gasteiger partial charge is 0.419 e. The van der Waals surface area contributed by atoms with E-state index in [1.165, 1.54) is 0 Å². The Bertz CT molecular complexity index is 614. The molecule has 0 aliphatic carbocycles. The molecule has 2 rings (SSSR count). The third-order valence-corrected chi connectivity index (χ3v) is 2.12. The van der Waals surface area contributed by atoms with Crippen LogP contribution in [0.5, 0.6) is 0 Å². The lowest BCUT2D eigenvalue weighted by Crippen LogP contribution is -1.98. The van der Waals surface area contributed by atoms with Crippen molar-refractivity contribution in [1.82, 2.24) is 10.2 Å². The molecule has 0 radical (unpaired) electrons. The van der Waals surface area contributed by atoms with E-state index in [-0.39, 0.29) is 12.4 Å². The maximum absolute atomic E-state index is 13.7. The number of aromatic nitrogens is 2. The summed E-state index contributed by atoms with van der Waals surface area (Å²) in [4.78, 5) is 9.56. The van der Waals surface area contributed by atoms with Gasteiger partial charge in [-0.3, -0.25) is 10.1 Å². The molecule has 0 atom stereocenters. The van der Waals surface area contributed by atoms with Gasteiger partial charge in [-0.25, -0.2) is 4.39 Å². The molecule has 7 nitrogen and oxygen atoms in total. The third kappa shape index (κ3) is 1.91. The quantitative estimate of drug-likeness (QED) is 0.656. The Morgan fingerprint density at radius 2 is 2.11 bits per heavy atom. The van der Waals surface area contributed by atoms with Crippen molar-refractivity contribution in [2.24, 2.45) is 5.73 Å². The Hall–Kier alpha value is -2.42. The molecule has 9 heteroatoms. The lowest BCUT2D eigenvalue weighted by Gasteiger charge is -2.00. The standard InChI is InChI=1S/C9H6F2N4O3/c10-4-1-2-5(15(16)17)8(11)7(4)9-14-13-6(3-12)18-9/h1-2H,3,12H2. The molecule has 0 spiro atoms. The first kappa shape index (κ1) is 12.0. The summed E-state index contributed by atoms with van der Waals surface area (Å²) in [5.74, 6) is -2.93. The second-order valence-corrected chi connectivity index (χ2v) is 3.22. The fourth-order valence-corrected chi connectivity index (χ4v) is 1.32. The summed E-state index contributed by atoms with van der Waals surface area (Å²) in [5, 5.41) is 17.3. The number of nitro benzene ring substituents is 1. The van der Waals surface area contributed by atoms with Gasteiger partial charge < -0.3 is 10.2 Å². The maximum atomic E-state index is 13.7. The van der Waals surface area contributed by atoms with Gasteiger partial charge in [-0.15, -0.1) is 10.2 Å². The van der Waals surface area contributed by atoms with Crippen LogP contribution in [0.2, 0.25) is 0 Å². The molecular formula is C9H6F2N4O3. The molecule has 0 aliphatic heterocycles. The number of benzene rings is 1. The second kappa shape index (κ2) is 4.45. The first-order chi connectivity index (χ1) is 8.54. The van der Waals surface area contributed by atoms with Crippen LogP contribution in [0, 0.1) is 21.7 Å². The summed E-state index contributed by atoms with van der Waals surface area (Å²) in [6.45, 7) is -0.106.